The van der Waals surface area contributed by atoms with Crippen molar-refractivity contribution in [3.8, 4) is 90.1 Å². The minimum absolute atomic E-state index is 0. The van der Waals surface area contributed by atoms with E-state index in [0.29, 0.717) is 67.5 Å². The first kappa shape index (κ1) is 73.6. The Bertz CT molecular complexity index is 7600. The summed E-state index contributed by atoms with van der Waals surface area (Å²) in [7, 11) is -6.08. The molecule has 8 aromatic carbocycles. The van der Waals surface area contributed by atoms with Crippen LogP contribution in [0.4, 0.5) is 0 Å². The fourth-order valence-electron chi connectivity index (χ4n) is 16.3. The van der Waals surface area contributed by atoms with Gasteiger partial charge in [-0.25, -0.2) is 0 Å². The van der Waals surface area contributed by atoms with E-state index < -0.39 is 50.6 Å². The minimum atomic E-state index is -1.60. The standard InChI is InChI=1S/C25H32NSi.C17H22NSi.2C16H20NSi.4C11H8N.4Ir/c1-27(2,3)25-16-26-24(19-7-5-4-6-8-19)15-22(25)14-23-20-10-17-9-18(12-20)13-21(23)11-17;1-5-9-15-12-16(14-10-7-6-8-11-14)18-13-17(15)19(2,3)4;2*1-5-13-11-15(14-9-7-6-8-10-14)17-12-16(13)18(2,3)4;4*1-2-6-10(7-3-1)11-8-4-5-9-12-11;;;;/h4-7,15-18,20-21,23H,9-14H2,1-3H3;6-8,10,12-13H,5,9H2,1-4H3;2*6-9,11-12H,5H2,1-4H3;4*1-6,8-9H;;;;/q8*-1;;;;/i4D,5D,6D,7D;6D,7D,8D,10D;2*6D,7D,8D,9D;1D,2D,3D,4D,5D,8D,9D;2*1D,2D,3D;;;;;. The number of hydrogen-bond donors (Lipinski definition) is 0. The number of aromatic nitrogens is 8. The van der Waals surface area contributed by atoms with E-state index in [-0.39, 0.29) is 249 Å². The SMILES string of the molecule is [2H]c1[c-]c(-c2cc(CC)c([Si](C)(C)C)cn2)c([2H])c([2H])c1[2H].[2H]c1[c-]c(-c2cc(CC)c([Si](C)(C)C)cn2)c([2H])c([2H])c1[2H].[2H]c1[c-]c(-c2cc(CC3C4CC5CC(C4)CC3C5)c([Si](C)(C)C)cn2)c([2H])c([2H])c1[2H].[2H]c1[c-]c(-c2cc(CCC)c([Si](C)(C)C)cn2)c([2H])c([2H])c1[2H].[2H]c1[c-]c(-c2ccccn2)cc([2H])c1[2H].[2H]c1[c-]c(-c2ccccn2)cc([2H])c1[2H].[2H]c1[c-]c(-c2nc([2H])c([2H])c([2H])c2[2H])cc([2H])c1[2H].[Ir].[Ir].[Ir].[Ir].[c-]1ccccc1-c1ccccn1. The van der Waals surface area contributed by atoms with E-state index >= 15 is 0 Å². The topological polar surface area (TPSA) is 103 Å². The van der Waals surface area contributed by atoms with Gasteiger partial charge in [0.25, 0.3) is 0 Å². The summed E-state index contributed by atoms with van der Waals surface area (Å²) in [6.07, 6.45) is 24.2. The van der Waals surface area contributed by atoms with E-state index in [9.17, 15) is 0 Å². The monoisotopic (exact) mass is 2570 g/mol. The van der Waals surface area contributed by atoms with Crippen LogP contribution in [-0.2, 0) is 106 Å². The third kappa shape index (κ3) is 33.1. The van der Waals surface area contributed by atoms with Crippen LogP contribution in [0.25, 0.3) is 90.1 Å². The van der Waals surface area contributed by atoms with Crippen LogP contribution in [0.15, 0.2) is 340 Å². The second-order valence-corrected chi connectivity index (χ2v) is 55.9. The Morgan fingerprint density at radius 2 is 0.604 bits per heavy atom. The summed E-state index contributed by atoms with van der Waals surface area (Å²) in [5.74, 6) is 4.42. The quantitative estimate of drug-likeness (QED) is 0.0618. The number of rotatable bonds is 18. The summed E-state index contributed by atoms with van der Waals surface area (Å²) in [5.41, 5.74) is 13.3. The molecule has 0 unspecified atom stereocenters. The van der Waals surface area contributed by atoms with Crippen LogP contribution in [0.3, 0.4) is 0 Å². The first-order chi connectivity index (χ1) is 74.8. The molecule has 0 N–H and O–H groups in total. The molecule has 0 atom stereocenters. The van der Waals surface area contributed by atoms with E-state index in [0.717, 1.165) is 73.0 Å². The molecule has 20 rings (SSSR count). The Morgan fingerprint density at radius 3 is 0.933 bits per heavy atom. The maximum atomic E-state index is 8.35. The van der Waals surface area contributed by atoms with Gasteiger partial charge in [0.15, 0.2) is 0 Å². The second kappa shape index (κ2) is 55.0. The van der Waals surface area contributed by atoms with Gasteiger partial charge in [0, 0.05) is 149 Å². The molecule has 8 nitrogen and oxygen atoms in total. The molecule has 4 fully saturated rings. The fraction of sp³-hybridized carbons (Fsp3) is 0.254. The van der Waals surface area contributed by atoms with Crippen LogP contribution in [-0.4, -0.2) is 72.2 Å². The van der Waals surface area contributed by atoms with Gasteiger partial charge >= 0.3 is 0 Å². The predicted octanol–water partition coefficient (Wildman–Crippen LogP) is 27.3. The molecule has 0 amide bonds. The van der Waals surface area contributed by atoms with Crippen molar-refractivity contribution in [3.05, 3.63) is 411 Å². The van der Waals surface area contributed by atoms with Crippen LogP contribution >= 0.6 is 0 Å². The molecule has 4 aliphatic rings. The predicted molar refractivity (Wildman–Crippen MR) is 557 cm³/mol. The molecular weight excluding hydrogens is 2410 g/mol. The summed E-state index contributed by atoms with van der Waals surface area (Å²) in [4.78, 5) is 34.2. The largest absolute Gasteiger partial charge is 0.305 e. The van der Waals surface area contributed by atoms with Gasteiger partial charge < -0.3 is 39.9 Å². The van der Waals surface area contributed by atoms with Crippen molar-refractivity contribution in [2.24, 2.45) is 29.6 Å². The van der Waals surface area contributed by atoms with Crippen molar-refractivity contribution in [1.29, 1.82) is 0 Å². The van der Waals surface area contributed by atoms with E-state index in [1.54, 1.807) is 42.9 Å². The molecule has 4 radical (unpaired) electrons. The van der Waals surface area contributed by atoms with Crippen molar-refractivity contribution in [3.63, 3.8) is 0 Å². The van der Waals surface area contributed by atoms with Crippen LogP contribution in [0, 0.1) is 78.1 Å². The Labute approximate surface area is 900 Å². The molecular formula is C118H126Ir4N8Si4-8. The van der Waals surface area contributed by atoms with E-state index in [2.05, 4.69) is 194 Å². The van der Waals surface area contributed by atoms with Gasteiger partial charge in [-0.15, -0.1) is 287 Å². The normalized spacial score (nSPS) is 17.7. The van der Waals surface area contributed by atoms with Crippen LogP contribution < -0.4 is 20.7 Å². The Kier molecular flexibility index (Phi) is 30.2. The minimum Gasteiger partial charge on any atom is -0.305 e. The van der Waals surface area contributed by atoms with Crippen LogP contribution in [0.2, 0.25) is 78.6 Å². The Balaban J connectivity index is 0.000000227. The summed E-state index contributed by atoms with van der Waals surface area (Å²) < 4.78 is 223. The number of pyridine rings is 8. The third-order valence-electron chi connectivity index (χ3n) is 22.3. The van der Waals surface area contributed by atoms with Gasteiger partial charge in [-0.1, -0.05) is 201 Å². The van der Waals surface area contributed by atoms with Gasteiger partial charge in [0.1, 0.15) is 0 Å². The molecule has 16 heteroatoms. The molecule has 0 saturated heterocycles. The molecule has 698 valence electrons. The van der Waals surface area contributed by atoms with Crippen molar-refractivity contribution >= 4 is 53.0 Å². The number of hydrogen-bond acceptors (Lipinski definition) is 8. The first-order valence-electron chi connectivity index (χ1n) is 58.4. The molecule has 8 aromatic heterocycles. The first-order valence-corrected chi connectivity index (χ1v) is 57.9. The molecule has 16 aromatic rings. The van der Waals surface area contributed by atoms with Crippen molar-refractivity contribution in [2.45, 2.75) is 164 Å². The third-order valence-corrected chi connectivity index (χ3v) is 30.5. The molecule has 134 heavy (non-hydrogen) atoms. The number of aryl methyl sites for hydroxylation is 3. The van der Waals surface area contributed by atoms with Crippen LogP contribution in [0.1, 0.15) is 121 Å². The van der Waals surface area contributed by atoms with Crippen molar-refractivity contribution < 1.29 is 120 Å². The van der Waals surface area contributed by atoms with Gasteiger partial charge in [0.2, 0.25) is 0 Å². The van der Waals surface area contributed by atoms with Gasteiger partial charge in [-0.2, -0.15) is 0 Å². The molecule has 4 bridgehead atoms. The Morgan fingerprint density at radius 1 is 0.291 bits per heavy atom. The average molecular weight is 2570 g/mol. The second-order valence-electron chi connectivity index (χ2n) is 35.8. The maximum Gasteiger partial charge on any atom is 0.0830 e. The zero-order chi connectivity index (χ0) is 117. The maximum absolute atomic E-state index is 8.35. The number of nitrogens with zero attached hydrogens (tertiary/aromatic N) is 8. The molecule has 4 aliphatic carbocycles. The summed E-state index contributed by atoms with van der Waals surface area (Å²) in [6, 6.07) is 53.7. The molecule has 8 heterocycles. The zero-order valence-corrected chi connectivity index (χ0v) is 91.5. The Hall–Kier alpha value is -9.58. The van der Waals surface area contributed by atoms with Gasteiger partial charge in [-0.3, -0.25) is 0 Å². The smallest absolute Gasteiger partial charge is 0.0830 e. The summed E-state index contributed by atoms with van der Waals surface area (Å²) in [6.45, 7) is 33.9. The van der Waals surface area contributed by atoms with Crippen molar-refractivity contribution in [1.82, 2.24) is 39.9 Å². The van der Waals surface area contributed by atoms with E-state index in [1.165, 1.54) is 93.3 Å². The fourth-order valence-corrected chi connectivity index (χ4v) is 22.9. The van der Waals surface area contributed by atoms with Gasteiger partial charge in [-0.05, 0) is 193 Å². The van der Waals surface area contributed by atoms with Crippen LogP contribution in [0.5, 0.6) is 0 Å². The molecule has 0 spiro atoms. The summed E-state index contributed by atoms with van der Waals surface area (Å²) in [5, 5.41) is 5.29. The summed E-state index contributed by atoms with van der Waals surface area (Å²) >= 11 is 0. The van der Waals surface area contributed by atoms with E-state index in [1.807, 2.05) is 97.6 Å². The van der Waals surface area contributed by atoms with Gasteiger partial charge in [0.05, 0.1) is 37.8 Å². The number of benzene rings is 8. The van der Waals surface area contributed by atoms with E-state index in [4.69, 9.17) is 39.8 Å². The van der Waals surface area contributed by atoms with Crippen molar-refractivity contribution in [2.75, 3.05) is 0 Å². The molecule has 0 aliphatic heterocycles. The zero-order valence-electron chi connectivity index (χ0n) is 107. The molecule has 4 saturated carbocycles. The average Bonchev–Trinajstić information content (AvgIpc) is 0.742.